The first kappa shape index (κ1) is 18.7. The zero-order chi connectivity index (χ0) is 17.1. The van der Waals surface area contributed by atoms with Gasteiger partial charge in [0, 0.05) is 13.2 Å². The highest BCUT2D eigenvalue weighted by molar-refractivity contribution is 7.92. The van der Waals surface area contributed by atoms with Gasteiger partial charge in [-0.2, -0.15) is 0 Å². The zero-order valence-corrected chi connectivity index (χ0v) is 15.0. The molecule has 2 aliphatic rings. The highest BCUT2D eigenvalue weighted by Crippen LogP contribution is 2.30. The lowest BCUT2D eigenvalue weighted by Gasteiger charge is -2.44. The molecule has 1 N–H and O–H groups in total. The van der Waals surface area contributed by atoms with Gasteiger partial charge in [-0.1, -0.05) is 26.7 Å². The highest BCUT2D eigenvalue weighted by Gasteiger charge is 2.46. The van der Waals surface area contributed by atoms with Crippen LogP contribution in [-0.4, -0.2) is 66.7 Å². The van der Waals surface area contributed by atoms with Gasteiger partial charge in [0.05, 0.1) is 30.4 Å². The van der Waals surface area contributed by atoms with Crippen LogP contribution in [0.5, 0.6) is 0 Å². The van der Waals surface area contributed by atoms with E-state index in [0.29, 0.717) is 25.9 Å². The summed E-state index contributed by atoms with van der Waals surface area (Å²) in [5.74, 6) is -0.135. The summed E-state index contributed by atoms with van der Waals surface area (Å²) in [6.07, 6.45) is 3.45. The molecule has 2 rings (SSSR count). The largest absolute Gasteiger partial charge is 0.389 e. The molecule has 6 nitrogen and oxygen atoms in total. The quantitative estimate of drug-likeness (QED) is 0.778. The number of carbonyl (C=O) groups is 1. The van der Waals surface area contributed by atoms with Gasteiger partial charge in [0.25, 0.3) is 0 Å². The molecule has 2 aliphatic heterocycles. The topological polar surface area (TPSA) is 83.9 Å². The van der Waals surface area contributed by atoms with E-state index in [0.717, 1.165) is 12.8 Å². The Morgan fingerprint density at radius 2 is 1.96 bits per heavy atom. The van der Waals surface area contributed by atoms with Gasteiger partial charge in [-0.25, -0.2) is 8.42 Å². The monoisotopic (exact) mass is 347 g/mol. The third-order valence-electron chi connectivity index (χ3n) is 4.98. The second-order valence-electron chi connectivity index (χ2n) is 6.82. The van der Waals surface area contributed by atoms with Crippen molar-refractivity contribution in [2.45, 2.75) is 69.3 Å². The molecule has 0 saturated carbocycles. The molecule has 7 heteroatoms. The molecule has 23 heavy (non-hydrogen) atoms. The Morgan fingerprint density at radius 1 is 1.30 bits per heavy atom. The van der Waals surface area contributed by atoms with E-state index in [1.807, 2.05) is 13.8 Å². The van der Waals surface area contributed by atoms with Crippen molar-refractivity contribution in [3.63, 3.8) is 0 Å². The number of rotatable bonds is 6. The number of nitrogens with zero attached hydrogens (tertiary/aromatic N) is 1. The highest BCUT2D eigenvalue weighted by atomic mass is 32.2. The van der Waals surface area contributed by atoms with Crippen molar-refractivity contribution < 1.29 is 23.1 Å². The summed E-state index contributed by atoms with van der Waals surface area (Å²) in [6.45, 7) is 4.87. The first-order chi connectivity index (χ1) is 10.8. The van der Waals surface area contributed by atoms with Crippen LogP contribution in [-0.2, 0) is 19.4 Å². The van der Waals surface area contributed by atoms with E-state index in [1.54, 1.807) is 4.90 Å². The third-order valence-corrected chi connectivity index (χ3v) is 7.10. The average molecular weight is 347 g/mol. The summed E-state index contributed by atoms with van der Waals surface area (Å²) in [5.41, 5.74) is -0.975. The summed E-state index contributed by atoms with van der Waals surface area (Å²) in [6, 6.07) is -0.303. The minimum absolute atomic E-state index is 0.0107. The Labute approximate surface area is 139 Å². The summed E-state index contributed by atoms with van der Waals surface area (Å²) >= 11 is 0. The maximum absolute atomic E-state index is 12.8. The van der Waals surface area contributed by atoms with E-state index in [4.69, 9.17) is 4.74 Å². The maximum Gasteiger partial charge on any atom is 0.225 e. The Hall–Kier alpha value is -0.660. The average Bonchev–Trinajstić information content (AvgIpc) is 2.47. The van der Waals surface area contributed by atoms with Crippen LogP contribution < -0.4 is 0 Å². The van der Waals surface area contributed by atoms with Gasteiger partial charge in [-0.3, -0.25) is 4.79 Å². The summed E-state index contributed by atoms with van der Waals surface area (Å²) in [4.78, 5) is 14.4. The summed E-state index contributed by atoms with van der Waals surface area (Å²) in [5, 5.41) is 10.1. The second kappa shape index (κ2) is 7.49. The number of carbonyl (C=O) groups excluding carboxylic acids is 1. The van der Waals surface area contributed by atoms with Gasteiger partial charge in [0.1, 0.15) is 5.25 Å². The number of hydrogen-bond donors (Lipinski definition) is 1. The predicted molar refractivity (Wildman–Crippen MR) is 87.9 cm³/mol. The molecular formula is C16H29NO5S. The van der Waals surface area contributed by atoms with Crippen LogP contribution in [0.25, 0.3) is 0 Å². The molecule has 2 atom stereocenters. The van der Waals surface area contributed by atoms with Crippen molar-refractivity contribution in [1.82, 2.24) is 4.90 Å². The van der Waals surface area contributed by atoms with Gasteiger partial charge in [0.15, 0.2) is 9.84 Å². The zero-order valence-electron chi connectivity index (χ0n) is 14.2. The maximum atomic E-state index is 12.8. The van der Waals surface area contributed by atoms with Crippen LogP contribution in [0.3, 0.4) is 0 Å². The van der Waals surface area contributed by atoms with E-state index in [1.165, 1.54) is 0 Å². The van der Waals surface area contributed by atoms with E-state index >= 15 is 0 Å². The molecule has 2 fully saturated rings. The van der Waals surface area contributed by atoms with Crippen molar-refractivity contribution in [1.29, 1.82) is 0 Å². The Balaban J connectivity index is 2.12. The van der Waals surface area contributed by atoms with E-state index in [-0.39, 0.29) is 37.3 Å². The predicted octanol–water partition coefficient (Wildman–Crippen LogP) is 1.12. The first-order valence-electron chi connectivity index (χ1n) is 8.64. The summed E-state index contributed by atoms with van der Waals surface area (Å²) < 4.78 is 29.7. The van der Waals surface area contributed by atoms with Gasteiger partial charge in [-0.15, -0.1) is 0 Å². The number of ether oxygens (including phenoxy) is 1. The Morgan fingerprint density at radius 3 is 2.57 bits per heavy atom. The number of sulfone groups is 1. The molecular weight excluding hydrogens is 318 g/mol. The van der Waals surface area contributed by atoms with Crippen molar-refractivity contribution in [3.8, 4) is 0 Å². The van der Waals surface area contributed by atoms with Crippen LogP contribution in [0.2, 0.25) is 0 Å². The molecule has 0 aromatic carbocycles. The molecule has 134 valence electrons. The molecule has 0 aliphatic carbocycles. The molecule has 0 spiro atoms. The minimum Gasteiger partial charge on any atom is -0.389 e. The first-order valence-corrected chi connectivity index (χ1v) is 10.4. The lowest BCUT2D eigenvalue weighted by atomic mass is 9.88. The lowest BCUT2D eigenvalue weighted by molar-refractivity contribution is -0.141. The number of fused-ring (bicyclic) bond motifs is 1. The van der Waals surface area contributed by atoms with Crippen molar-refractivity contribution in [2.24, 2.45) is 0 Å². The van der Waals surface area contributed by atoms with Crippen LogP contribution in [0, 0.1) is 0 Å². The van der Waals surface area contributed by atoms with Crippen molar-refractivity contribution in [3.05, 3.63) is 0 Å². The van der Waals surface area contributed by atoms with Crippen LogP contribution in [0.15, 0.2) is 0 Å². The van der Waals surface area contributed by atoms with Crippen LogP contribution in [0.1, 0.15) is 52.4 Å². The molecule has 2 unspecified atom stereocenters. The standard InChI is InChI=1S/C16H29NO5S/c1-3-6-16(19,7-4-2)11-15(18)17-8-10-23(20,21)14-12-22-9-5-13(14)17/h13-14,19H,3-12H2,1-2H3. The van der Waals surface area contributed by atoms with E-state index in [9.17, 15) is 18.3 Å². The summed E-state index contributed by atoms with van der Waals surface area (Å²) in [7, 11) is -3.20. The number of hydrogen-bond acceptors (Lipinski definition) is 5. The normalized spacial score (nSPS) is 27.5. The van der Waals surface area contributed by atoms with Crippen LogP contribution in [0.4, 0.5) is 0 Å². The van der Waals surface area contributed by atoms with Crippen molar-refractivity contribution in [2.75, 3.05) is 25.5 Å². The smallest absolute Gasteiger partial charge is 0.225 e. The molecule has 0 aromatic rings. The van der Waals surface area contributed by atoms with Gasteiger partial charge >= 0.3 is 0 Å². The van der Waals surface area contributed by atoms with E-state index in [2.05, 4.69) is 0 Å². The number of amides is 1. The molecule has 0 aromatic heterocycles. The fourth-order valence-corrected chi connectivity index (χ4v) is 5.69. The van der Waals surface area contributed by atoms with E-state index < -0.39 is 20.7 Å². The minimum atomic E-state index is -3.20. The van der Waals surface area contributed by atoms with Gasteiger partial charge < -0.3 is 14.7 Å². The molecule has 0 radical (unpaired) electrons. The second-order valence-corrected chi connectivity index (χ2v) is 9.16. The van der Waals surface area contributed by atoms with Crippen LogP contribution >= 0.6 is 0 Å². The fraction of sp³-hybridized carbons (Fsp3) is 0.938. The Bertz CT molecular complexity index is 513. The SMILES string of the molecule is CCCC(O)(CCC)CC(=O)N1CCS(=O)(=O)C2COCCC21. The lowest BCUT2D eigenvalue weighted by Crippen LogP contribution is -2.60. The van der Waals surface area contributed by atoms with Crippen molar-refractivity contribution >= 4 is 15.7 Å². The van der Waals surface area contributed by atoms with Gasteiger partial charge in [-0.05, 0) is 19.3 Å². The molecule has 2 heterocycles. The molecule has 0 bridgehead atoms. The third kappa shape index (κ3) is 4.25. The van der Waals surface area contributed by atoms with Gasteiger partial charge in [0.2, 0.25) is 5.91 Å². The molecule has 2 saturated heterocycles. The molecule has 1 amide bonds. The Kier molecular flexibility index (Phi) is 6.08. The number of aliphatic hydroxyl groups is 1. The fourth-order valence-electron chi connectivity index (χ4n) is 3.87.